The van der Waals surface area contributed by atoms with Gasteiger partial charge in [-0.25, -0.2) is 9.78 Å². The van der Waals surface area contributed by atoms with Gasteiger partial charge in [0, 0.05) is 11.6 Å². The van der Waals surface area contributed by atoms with Crippen LogP contribution in [0.3, 0.4) is 0 Å². The maximum Gasteiger partial charge on any atom is 0.328 e. The minimum absolute atomic E-state index is 0.237. The van der Waals surface area contributed by atoms with Crippen LogP contribution in [-0.4, -0.2) is 35.2 Å². The van der Waals surface area contributed by atoms with E-state index in [2.05, 4.69) is 15.5 Å². The van der Waals surface area contributed by atoms with Gasteiger partial charge in [-0.2, -0.15) is 0 Å². The molecular weight excluding hydrogens is 322 g/mol. The highest BCUT2D eigenvalue weighted by Gasteiger charge is 2.30. The molecule has 2 heterocycles. The van der Waals surface area contributed by atoms with Crippen LogP contribution in [0.2, 0.25) is 0 Å². The second kappa shape index (κ2) is 6.82. The Morgan fingerprint density at radius 2 is 2.12 bits per heavy atom. The monoisotopic (exact) mass is 345 g/mol. The standard InChI is InChI=1S/C18H23N3O4/c1-9(2)7-14(18(23)24-4)19-16(22)12-8-13(11-5-6-11)20-17-15(12)10(3)21-25-17/h8-9,11,14H,5-7H2,1-4H3,(H,19,22). The maximum atomic E-state index is 12.9. The Labute approximate surface area is 146 Å². The molecule has 1 unspecified atom stereocenters. The summed E-state index contributed by atoms with van der Waals surface area (Å²) in [6.07, 6.45) is 2.63. The van der Waals surface area contributed by atoms with E-state index < -0.39 is 12.0 Å². The molecule has 2 aromatic rings. The van der Waals surface area contributed by atoms with Crippen LogP contribution in [0.1, 0.15) is 60.8 Å². The highest BCUT2D eigenvalue weighted by atomic mass is 16.5. The van der Waals surface area contributed by atoms with Crippen molar-refractivity contribution >= 4 is 23.0 Å². The number of methoxy groups -OCH3 is 1. The van der Waals surface area contributed by atoms with E-state index in [0.29, 0.717) is 34.7 Å². The van der Waals surface area contributed by atoms with Crippen molar-refractivity contribution in [3.63, 3.8) is 0 Å². The summed E-state index contributed by atoms with van der Waals surface area (Å²) in [7, 11) is 1.32. The van der Waals surface area contributed by atoms with Crippen LogP contribution in [0.15, 0.2) is 10.6 Å². The lowest BCUT2D eigenvalue weighted by molar-refractivity contribution is -0.143. The molecule has 25 heavy (non-hydrogen) atoms. The third-order valence-corrected chi connectivity index (χ3v) is 4.38. The molecule has 1 fully saturated rings. The largest absolute Gasteiger partial charge is 0.467 e. The molecule has 1 atom stereocenters. The molecule has 3 rings (SSSR count). The molecule has 0 spiro atoms. The first kappa shape index (κ1) is 17.4. The first-order valence-electron chi connectivity index (χ1n) is 8.56. The first-order valence-corrected chi connectivity index (χ1v) is 8.56. The van der Waals surface area contributed by atoms with Gasteiger partial charge < -0.3 is 14.6 Å². The minimum Gasteiger partial charge on any atom is -0.467 e. The zero-order valence-electron chi connectivity index (χ0n) is 15.0. The summed E-state index contributed by atoms with van der Waals surface area (Å²) < 4.78 is 10.1. The third kappa shape index (κ3) is 3.65. The Hall–Kier alpha value is -2.44. The van der Waals surface area contributed by atoms with Gasteiger partial charge in [0.25, 0.3) is 11.6 Å². The molecule has 2 aromatic heterocycles. The number of ether oxygens (including phenoxy) is 1. The lowest BCUT2D eigenvalue weighted by Crippen LogP contribution is -2.42. The maximum absolute atomic E-state index is 12.9. The Morgan fingerprint density at radius 1 is 1.40 bits per heavy atom. The number of nitrogens with zero attached hydrogens (tertiary/aromatic N) is 2. The normalized spacial score (nSPS) is 15.4. The van der Waals surface area contributed by atoms with E-state index in [1.807, 2.05) is 13.8 Å². The quantitative estimate of drug-likeness (QED) is 0.809. The molecule has 0 radical (unpaired) electrons. The molecule has 7 heteroatoms. The van der Waals surface area contributed by atoms with Crippen molar-refractivity contribution in [1.29, 1.82) is 0 Å². The van der Waals surface area contributed by atoms with Crippen LogP contribution >= 0.6 is 0 Å². The molecule has 1 aliphatic carbocycles. The number of hydrogen-bond donors (Lipinski definition) is 1. The Morgan fingerprint density at radius 3 is 2.72 bits per heavy atom. The molecule has 0 bridgehead atoms. The smallest absolute Gasteiger partial charge is 0.328 e. The van der Waals surface area contributed by atoms with E-state index in [9.17, 15) is 9.59 Å². The number of amides is 1. The summed E-state index contributed by atoms with van der Waals surface area (Å²) in [5.74, 6) is -0.178. The Kier molecular flexibility index (Phi) is 4.74. The SMILES string of the molecule is COC(=O)C(CC(C)C)NC(=O)c1cc(C2CC2)nc2onc(C)c12. The van der Waals surface area contributed by atoms with E-state index in [0.717, 1.165) is 18.5 Å². The van der Waals surface area contributed by atoms with E-state index in [1.54, 1.807) is 13.0 Å². The fraction of sp³-hybridized carbons (Fsp3) is 0.556. The fourth-order valence-corrected chi connectivity index (χ4v) is 2.94. The molecule has 1 amide bonds. The van der Waals surface area contributed by atoms with Crippen LogP contribution in [0.25, 0.3) is 11.1 Å². The number of pyridine rings is 1. The molecule has 7 nitrogen and oxygen atoms in total. The van der Waals surface area contributed by atoms with Gasteiger partial charge in [0.1, 0.15) is 6.04 Å². The summed E-state index contributed by atoms with van der Waals surface area (Å²) in [6.45, 7) is 5.75. The predicted octanol–water partition coefficient (Wildman–Crippen LogP) is 2.73. The molecule has 0 aromatic carbocycles. The molecule has 1 N–H and O–H groups in total. The zero-order chi connectivity index (χ0) is 18.1. The topological polar surface area (TPSA) is 94.3 Å². The summed E-state index contributed by atoms with van der Waals surface area (Å²) >= 11 is 0. The highest BCUT2D eigenvalue weighted by Crippen LogP contribution is 2.40. The van der Waals surface area contributed by atoms with Gasteiger partial charge in [-0.15, -0.1) is 0 Å². The second-order valence-electron chi connectivity index (χ2n) is 7.00. The molecule has 0 saturated heterocycles. The number of esters is 1. The van der Waals surface area contributed by atoms with Crippen molar-refractivity contribution in [2.75, 3.05) is 7.11 Å². The van der Waals surface area contributed by atoms with E-state index in [4.69, 9.17) is 9.26 Å². The van der Waals surface area contributed by atoms with Crippen LogP contribution in [0.5, 0.6) is 0 Å². The van der Waals surface area contributed by atoms with Crippen molar-refractivity contribution < 1.29 is 18.8 Å². The number of aromatic nitrogens is 2. The van der Waals surface area contributed by atoms with E-state index >= 15 is 0 Å². The molecule has 0 aliphatic heterocycles. The van der Waals surface area contributed by atoms with Crippen LogP contribution in [0.4, 0.5) is 0 Å². The number of hydrogen-bond acceptors (Lipinski definition) is 6. The predicted molar refractivity (Wildman–Crippen MR) is 91.2 cm³/mol. The number of aryl methyl sites for hydroxylation is 1. The van der Waals surface area contributed by atoms with Crippen LogP contribution < -0.4 is 5.32 Å². The van der Waals surface area contributed by atoms with Gasteiger partial charge in [-0.1, -0.05) is 19.0 Å². The zero-order valence-corrected chi connectivity index (χ0v) is 15.0. The second-order valence-corrected chi connectivity index (χ2v) is 7.00. The van der Waals surface area contributed by atoms with Crippen molar-refractivity contribution in [2.45, 2.75) is 52.0 Å². The van der Waals surface area contributed by atoms with Crippen LogP contribution in [-0.2, 0) is 9.53 Å². The third-order valence-electron chi connectivity index (χ3n) is 4.38. The van der Waals surface area contributed by atoms with Gasteiger partial charge in [0.15, 0.2) is 0 Å². The molecule has 1 aliphatic rings. The van der Waals surface area contributed by atoms with Gasteiger partial charge in [0.2, 0.25) is 0 Å². The fourth-order valence-electron chi connectivity index (χ4n) is 2.94. The Bertz CT molecular complexity index is 808. The number of fused-ring (bicyclic) bond motifs is 1. The summed E-state index contributed by atoms with van der Waals surface area (Å²) in [4.78, 5) is 29.4. The summed E-state index contributed by atoms with van der Waals surface area (Å²) in [6, 6.07) is 1.11. The summed E-state index contributed by atoms with van der Waals surface area (Å²) in [5.41, 5.74) is 2.26. The number of nitrogens with one attached hydrogen (secondary N) is 1. The lowest BCUT2D eigenvalue weighted by Gasteiger charge is -2.18. The van der Waals surface area contributed by atoms with Crippen molar-refractivity contribution in [3.05, 3.63) is 23.0 Å². The lowest BCUT2D eigenvalue weighted by atomic mass is 10.0. The minimum atomic E-state index is -0.690. The van der Waals surface area contributed by atoms with Crippen molar-refractivity contribution in [2.24, 2.45) is 5.92 Å². The Balaban J connectivity index is 1.94. The average molecular weight is 345 g/mol. The average Bonchev–Trinajstić information content (AvgIpc) is 3.36. The highest BCUT2D eigenvalue weighted by molar-refractivity contribution is 6.07. The van der Waals surface area contributed by atoms with Crippen molar-refractivity contribution in [3.8, 4) is 0 Å². The number of rotatable bonds is 6. The number of carbonyl (C=O) groups is 2. The molecular formula is C18H23N3O4. The van der Waals surface area contributed by atoms with Gasteiger partial charge in [-0.3, -0.25) is 4.79 Å². The van der Waals surface area contributed by atoms with E-state index in [-0.39, 0.29) is 11.8 Å². The molecule has 1 saturated carbocycles. The number of carbonyl (C=O) groups excluding carboxylic acids is 2. The van der Waals surface area contributed by atoms with Gasteiger partial charge in [-0.05, 0) is 38.2 Å². The van der Waals surface area contributed by atoms with E-state index in [1.165, 1.54) is 7.11 Å². The van der Waals surface area contributed by atoms with Crippen LogP contribution in [0, 0.1) is 12.8 Å². The molecule has 134 valence electrons. The first-order chi connectivity index (χ1) is 11.9. The van der Waals surface area contributed by atoms with Gasteiger partial charge in [0.05, 0.1) is 23.8 Å². The van der Waals surface area contributed by atoms with Gasteiger partial charge >= 0.3 is 5.97 Å². The summed E-state index contributed by atoms with van der Waals surface area (Å²) in [5, 5.41) is 7.32. The van der Waals surface area contributed by atoms with Crippen molar-refractivity contribution in [1.82, 2.24) is 15.5 Å².